The molecular weight excluding hydrogens is 417 g/mol. The highest BCUT2D eigenvalue weighted by Crippen LogP contribution is 2.25. The van der Waals surface area contributed by atoms with E-state index in [1.54, 1.807) is 0 Å². The highest BCUT2D eigenvalue weighted by atomic mass is 35.5. The van der Waals surface area contributed by atoms with Crippen LogP contribution in [0.5, 0.6) is 0 Å². The lowest BCUT2D eigenvalue weighted by molar-refractivity contribution is 0.0941. The number of rotatable bonds is 7. The topological polar surface area (TPSA) is 78.5 Å². The van der Waals surface area contributed by atoms with Crippen LogP contribution in [0.3, 0.4) is 0 Å². The summed E-state index contributed by atoms with van der Waals surface area (Å²) in [6.45, 7) is 4.55. The molecule has 0 bridgehead atoms. The van der Waals surface area contributed by atoms with Crippen LogP contribution in [0.2, 0.25) is 5.02 Å². The third kappa shape index (κ3) is 5.26. The van der Waals surface area contributed by atoms with Crippen LogP contribution in [0.15, 0.2) is 47.4 Å². The average molecular weight is 440 g/mol. The van der Waals surface area contributed by atoms with E-state index >= 15 is 0 Å². The number of hydrogen-bond acceptors (Lipinski definition) is 4. The summed E-state index contributed by atoms with van der Waals surface area (Å²) in [5.41, 5.74) is 0.396. The number of nitrogens with one attached hydrogen (secondary N) is 2. The van der Waals surface area contributed by atoms with Crippen LogP contribution in [0.4, 0.5) is 10.1 Å². The molecular formula is C20H23ClFN3O3S. The molecule has 0 saturated carbocycles. The minimum Gasteiger partial charge on any atom is -0.350 e. The number of carbonyl (C=O) groups excluding carboxylic acids is 1. The van der Waals surface area contributed by atoms with E-state index < -0.39 is 15.8 Å². The molecule has 2 aromatic rings. The first kappa shape index (κ1) is 21.5. The normalized spacial score (nSPS) is 17.3. The third-order valence-electron chi connectivity index (χ3n) is 4.98. The van der Waals surface area contributed by atoms with Crippen LogP contribution in [0.1, 0.15) is 30.1 Å². The monoisotopic (exact) mass is 439 g/mol. The van der Waals surface area contributed by atoms with Crippen LogP contribution in [0, 0.1) is 5.82 Å². The third-order valence-corrected chi connectivity index (χ3v) is 6.85. The van der Waals surface area contributed by atoms with Gasteiger partial charge < -0.3 is 5.32 Å². The van der Waals surface area contributed by atoms with Crippen LogP contribution < -0.4 is 10.0 Å². The van der Waals surface area contributed by atoms with E-state index in [9.17, 15) is 17.6 Å². The van der Waals surface area contributed by atoms with Crippen molar-refractivity contribution in [3.05, 3.63) is 58.9 Å². The molecule has 1 aliphatic heterocycles. The maximum Gasteiger partial charge on any atom is 0.263 e. The van der Waals surface area contributed by atoms with Gasteiger partial charge >= 0.3 is 0 Å². The largest absolute Gasteiger partial charge is 0.350 e. The van der Waals surface area contributed by atoms with Crippen LogP contribution >= 0.6 is 11.6 Å². The minimum absolute atomic E-state index is 0.0101. The number of hydrogen-bond donors (Lipinski definition) is 2. The molecule has 3 rings (SSSR count). The summed E-state index contributed by atoms with van der Waals surface area (Å²) >= 11 is 6.08. The lowest BCUT2D eigenvalue weighted by Gasteiger charge is -2.22. The lowest BCUT2D eigenvalue weighted by Crippen LogP contribution is -2.40. The van der Waals surface area contributed by atoms with Crippen molar-refractivity contribution in [2.45, 2.75) is 30.7 Å². The second-order valence-corrected chi connectivity index (χ2v) is 8.95. The zero-order valence-electron chi connectivity index (χ0n) is 16.0. The van der Waals surface area contributed by atoms with E-state index in [0.717, 1.165) is 38.1 Å². The number of likely N-dealkylation sites (N-methyl/N-ethyl adjacent to an activating group) is 1. The van der Waals surface area contributed by atoms with Crippen molar-refractivity contribution in [3.63, 3.8) is 0 Å². The van der Waals surface area contributed by atoms with Crippen molar-refractivity contribution in [1.82, 2.24) is 10.2 Å². The number of nitrogens with zero attached hydrogens (tertiary/aromatic N) is 1. The summed E-state index contributed by atoms with van der Waals surface area (Å²) < 4.78 is 40.8. The van der Waals surface area contributed by atoms with Crippen molar-refractivity contribution in [3.8, 4) is 0 Å². The van der Waals surface area contributed by atoms with Crippen molar-refractivity contribution in [2.24, 2.45) is 0 Å². The summed E-state index contributed by atoms with van der Waals surface area (Å²) in [5, 5.41) is 2.87. The Morgan fingerprint density at radius 2 is 1.97 bits per heavy atom. The van der Waals surface area contributed by atoms with Crippen molar-refractivity contribution < 1.29 is 17.6 Å². The fourth-order valence-electron chi connectivity index (χ4n) is 3.43. The van der Waals surface area contributed by atoms with Crippen molar-refractivity contribution in [1.29, 1.82) is 0 Å². The second kappa shape index (κ2) is 9.11. The molecule has 0 radical (unpaired) electrons. The van der Waals surface area contributed by atoms with E-state index in [1.165, 1.54) is 30.3 Å². The molecule has 2 aromatic carbocycles. The Bertz CT molecular complexity index is 983. The van der Waals surface area contributed by atoms with E-state index in [-0.39, 0.29) is 27.1 Å². The van der Waals surface area contributed by atoms with E-state index in [0.29, 0.717) is 12.6 Å². The molecule has 29 heavy (non-hydrogen) atoms. The van der Waals surface area contributed by atoms with Crippen molar-refractivity contribution >= 4 is 33.2 Å². The number of amides is 1. The lowest BCUT2D eigenvalue weighted by atomic mass is 10.2. The number of halogens is 2. The molecule has 156 valence electrons. The standard InChI is InChI=1S/C20H23ClFN3O3S/c1-2-25-11-3-4-17(25)13-23-20(26)14-5-10-18(21)19(12-14)29(27,28)24-16-8-6-15(22)7-9-16/h5-10,12,17,24H,2-4,11,13H2,1H3,(H,23,26). The van der Waals surface area contributed by atoms with Crippen LogP contribution in [0.25, 0.3) is 0 Å². The summed E-state index contributed by atoms with van der Waals surface area (Å²) in [6, 6.07) is 9.30. The summed E-state index contributed by atoms with van der Waals surface area (Å²) in [6.07, 6.45) is 2.13. The number of sulfonamides is 1. The fraction of sp³-hybridized carbons (Fsp3) is 0.350. The highest BCUT2D eigenvalue weighted by molar-refractivity contribution is 7.92. The van der Waals surface area contributed by atoms with Crippen molar-refractivity contribution in [2.75, 3.05) is 24.4 Å². The summed E-state index contributed by atoms with van der Waals surface area (Å²) in [5.74, 6) is -0.837. The fourth-order valence-corrected chi connectivity index (χ4v) is 5.02. The molecule has 2 N–H and O–H groups in total. The molecule has 9 heteroatoms. The van der Waals surface area contributed by atoms with Gasteiger partial charge in [0.25, 0.3) is 15.9 Å². The SMILES string of the molecule is CCN1CCCC1CNC(=O)c1ccc(Cl)c(S(=O)(=O)Nc2ccc(F)cc2)c1. The van der Waals surface area contributed by atoms with Gasteiger partial charge in [-0.05, 0) is 68.4 Å². The van der Waals surface area contributed by atoms with Gasteiger partial charge in [0.15, 0.2) is 0 Å². The van der Waals surface area contributed by atoms with Gasteiger partial charge in [-0.25, -0.2) is 12.8 Å². The van der Waals surface area contributed by atoms with Crippen LogP contribution in [-0.2, 0) is 10.0 Å². The Morgan fingerprint density at radius 1 is 1.24 bits per heavy atom. The Labute approximate surface area is 175 Å². The van der Waals surface area contributed by atoms with E-state index in [4.69, 9.17) is 11.6 Å². The van der Waals surface area contributed by atoms with Crippen LogP contribution in [-0.4, -0.2) is 44.9 Å². The van der Waals surface area contributed by atoms with Gasteiger partial charge in [0.2, 0.25) is 0 Å². The van der Waals surface area contributed by atoms with Gasteiger partial charge in [-0.15, -0.1) is 0 Å². The van der Waals surface area contributed by atoms with Gasteiger partial charge in [-0.3, -0.25) is 14.4 Å². The summed E-state index contributed by atoms with van der Waals surface area (Å²) in [4.78, 5) is 14.6. The van der Waals surface area contributed by atoms with Gasteiger partial charge in [0, 0.05) is 23.8 Å². The zero-order chi connectivity index (χ0) is 21.0. The number of likely N-dealkylation sites (tertiary alicyclic amines) is 1. The number of anilines is 1. The molecule has 1 heterocycles. The zero-order valence-corrected chi connectivity index (χ0v) is 17.6. The molecule has 1 amide bonds. The minimum atomic E-state index is -4.05. The smallest absolute Gasteiger partial charge is 0.263 e. The first-order valence-corrected chi connectivity index (χ1v) is 11.3. The number of benzene rings is 2. The molecule has 1 unspecified atom stereocenters. The maximum absolute atomic E-state index is 13.0. The Balaban J connectivity index is 1.74. The predicted octanol–water partition coefficient (Wildman–Crippen LogP) is 3.49. The molecule has 1 aliphatic rings. The second-order valence-electron chi connectivity index (χ2n) is 6.89. The molecule has 1 atom stereocenters. The molecule has 0 aromatic heterocycles. The maximum atomic E-state index is 13.0. The Hall–Kier alpha value is -2.16. The van der Waals surface area contributed by atoms with E-state index in [2.05, 4.69) is 21.9 Å². The molecule has 0 spiro atoms. The summed E-state index contributed by atoms with van der Waals surface area (Å²) in [7, 11) is -4.05. The quantitative estimate of drug-likeness (QED) is 0.692. The van der Waals surface area contributed by atoms with Gasteiger partial charge in [0.05, 0.1) is 5.02 Å². The molecule has 1 saturated heterocycles. The van der Waals surface area contributed by atoms with Gasteiger partial charge in [0.1, 0.15) is 10.7 Å². The van der Waals surface area contributed by atoms with Gasteiger partial charge in [-0.1, -0.05) is 18.5 Å². The highest BCUT2D eigenvalue weighted by Gasteiger charge is 2.24. The van der Waals surface area contributed by atoms with E-state index in [1.807, 2.05) is 0 Å². The Morgan fingerprint density at radius 3 is 2.66 bits per heavy atom. The first-order chi connectivity index (χ1) is 13.8. The average Bonchev–Trinajstić information content (AvgIpc) is 3.15. The molecule has 6 nitrogen and oxygen atoms in total. The molecule has 0 aliphatic carbocycles. The molecule has 1 fully saturated rings. The predicted molar refractivity (Wildman–Crippen MR) is 111 cm³/mol. The van der Waals surface area contributed by atoms with Gasteiger partial charge in [-0.2, -0.15) is 0 Å². The number of carbonyl (C=O) groups is 1. The first-order valence-electron chi connectivity index (χ1n) is 9.40. The Kier molecular flexibility index (Phi) is 6.77.